The predicted molar refractivity (Wildman–Crippen MR) is 168 cm³/mol. The van der Waals surface area contributed by atoms with Gasteiger partial charge in [-0.05, 0) is 87.9 Å². The van der Waals surface area contributed by atoms with Crippen LogP contribution in [0.15, 0.2) is 36.4 Å². The van der Waals surface area contributed by atoms with E-state index in [0.29, 0.717) is 17.8 Å². The zero-order chi connectivity index (χ0) is 27.8. The first-order chi connectivity index (χ1) is 18.1. The lowest BCUT2D eigenvalue weighted by atomic mass is 9.82. The van der Waals surface area contributed by atoms with Crippen LogP contribution >= 0.6 is 7.92 Å². The van der Waals surface area contributed by atoms with Crippen LogP contribution in [-0.4, -0.2) is 22.4 Å². The summed E-state index contributed by atoms with van der Waals surface area (Å²) in [6.07, 6.45) is 14.6. The van der Waals surface area contributed by atoms with Gasteiger partial charge in [-0.25, -0.2) is 0 Å². The van der Waals surface area contributed by atoms with E-state index in [0.717, 1.165) is 18.2 Å². The van der Waals surface area contributed by atoms with E-state index in [1.54, 1.807) is 27.6 Å². The molecule has 0 heterocycles. The van der Waals surface area contributed by atoms with E-state index in [1.807, 2.05) is 0 Å². The number of carbonyl (C=O) groups is 1. The minimum absolute atomic E-state index is 0.120. The number of carboxylic acid groups (broad SMARTS) is 1. The number of hydrogen-bond acceptors (Lipinski definition) is 1. The highest BCUT2D eigenvalue weighted by molar-refractivity contribution is 7.67. The lowest BCUT2D eigenvalue weighted by Crippen LogP contribution is -2.27. The summed E-state index contributed by atoms with van der Waals surface area (Å²) in [4.78, 5) is 9.00. The first-order valence-electron chi connectivity index (χ1n) is 15.4. The molecule has 0 radical (unpaired) electrons. The van der Waals surface area contributed by atoms with Crippen LogP contribution in [0.3, 0.4) is 0 Å². The van der Waals surface area contributed by atoms with Crippen LogP contribution < -0.4 is 5.30 Å². The molecule has 210 valence electrons. The fraction of sp³-hybridized carbons (Fsp3) is 0.629. The molecular formula is C35H53O2P. The van der Waals surface area contributed by atoms with Crippen LogP contribution in [0.4, 0.5) is 0 Å². The van der Waals surface area contributed by atoms with Gasteiger partial charge in [-0.2, -0.15) is 0 Å². The van der Waals surface area contributed by atoms with Crippen molar-refractivity contribution in [3.05, 3.63) is 53.1 Å². The van der Waals surface area contributed by atoms with Crippen molar-refractivity contribution < 1.29 is 9.90 Å². The van der Waals surface area contributed by atoms with Gasteiger partial charge < -0.3 is 5.11 Å². The van der Waals surface area contributed by atoms with E-state index < -0.39 is 5.97 Å². The van der Waals surface area contributed by atoms with Crippen molar-refractivity contribution in [2.45, 2.75) is 142 Å². The van der Waals surface area contributed by atoms with Crippen molar-refractivity contribution in [1.82, 2.24) is 0 Å². The normalized spacial score (nSPS) is 17.2. The van der Waals surface area contributed by atoms with Gasteiger partial charge in [0.1, 0.15) is 0 Å². The van der Waals surface area contributed by atoms with Crippen LogP contribution in [0, 0.1) is 0 Å². The molecule has 0 spiro atoms. The third kappa shape index (κ3) is 7.94. The van der Waals surface area contributed by atoms with Crippen LogP contribution in [0.5, 0.6) is 0 Å². The molecule has 0 amide bonds. The van der Waals surface area contributed by atoms with Crippen molar-refractivity contribution in [2.75, 3.05) is 0 Å². The van der Waals surface area contributed by atoms with Crippen LogP contribution in [0.25, 0.3) is 11.1 Å². The van der Waals surface area contributed by atoms with Gasteiger partial charge in [0.25, 0.3) is 5.97 Å². The van der Waals surface area contributed by atoms with Gasteiger partial charge >= 0.3 is 0 Å². The van der Waals surface area contributed by atoms with Gasteiger partial charge in [0.15, 0.2) is 0 Å². The molecule has 0 unspecified atom stereocenters. The Labute approximate surface area is 234 Å². The standard InChI is InChI=1S/C33H49P.C2H4O2/c1-23(2)26-21-30(24(3)4)33(31(22-26)25(5)6)29-19-13-14-20-32(29)34(27-15-9-7-10-16-27)28-17-11-8-12-18-28;1-2(3)4/h13-14,19-25,27-28H,7-12,15-18H2,1-6H3;1H3,(H,3,4). The molecule has 0 atom stereocenters. The lowest BCUT2D eigenvalue weighted by Gasteiger charge is -2.40. The number of aliphatic carboxylic acids is 1. The quantitative estimate of drug-likeness (QED) is 0.357. The van der Waals surface area contributed by atoms with Crippen molar-refractivity contribution in [1.29, 1.82) is 0 Å². The van der Waals surface area contributed by atoms with Gasteiger partial charge in [0.05, 0.1) is 0 Å². The Morgan fingerprint density at radius 2 is 1.16 bits per heavy atom. The van der Waals surface area contributed by atoms with Crippen LogP contribution in [0.2, 0.25) is 0 Å². The Hall–Kier alpha value is -1.66. The van der Waals surface area contributed by atoms with Gasteiger partial charge in [0, 0.05) is 6.92 Å². The summed E-state index contributed by atoms with van der Waals surface area (Å²) in [5.74, 6) is 0.811. The number of rotatable bonds is 7. The molecule has 0 aliphatic heterocycles. The zero-order valence-corrected chi connectivity index (χ0v) is 26.1. The highest BCUT2D eigenvalue weighted by atomic mass is 31.1. The summed E-state index contributed by atoms with van der Waals surface area (Å²) in [7, 11) is -0.120. The molecule has 2 saturated carbocycles. The molecule has 2 nitrogen and oxygen atoms in total. The van der Waals surface area contributed by atoms with Gasteiger partial charge in [-0.3, -0.25) is 4.79 Å². The van der Waals surface area contributed by atoms with Gasteiger partial charge in [0.2, 0.25) is 0 Å². The van der Waals surface area contributed by atoms with Crippen molar-refractivity contribution in [3.63, 3.8) is 0 Å². The molecule has 0 bridgehead atoms. The van der Waals surface area contributed by atoms with Gasteiger partial charge in [-0.1, -0.05) is 124 Å². The largest absolute Gasteiger partial charge is 0.481 e. The third-order valence-corrected chi connectivity index (χ3v) is 12.1. The molecule has 2 aliphatic rings. The maximum absolute atomic E-state index is 9.00. The molecule has 1 N–H and O–H groups in total. The molecule has 2 aromatic carbocycles. The minimum atomic E-state index is -0.833. The average molecular weight is 537 g/mol. The van der Waals surface area contributed by atoms with E-state index in [2.05, 4.69) is 77.9 Å². The lowest BCUT2D eigenvalue weighted by molar-refractivity contribution is -0.134. The summed E-state index contributed by atoms with van der Waals surface area (Å²) < 4.78 is 0. The maximum Gasteiger partial charge on any atom is 0.300 e. The topological polar surface area (TPSA) is 37.3 Å². The first kappa shape index (κ1) is 30.9. The summed E-state index contributed by atoms with van der Waals surface area (Å²) in [6.45, 7) is 15.4. The molecule has 2 aliphatic carbocycles. The summed E-state index contributed by atoms with van der Waals surface area (Å²) in [6, 6.07) is 14.8. The molecule has 2 fully saturated rings. The molecular weight excluding hydrogens is 483 g/mol. The van der Waals surface area contributed by atoms with Crippen LogP contribution in [0.1, 0.15) is 147 Å². The smallest absolute Gasteiger partial charge is 0.300 e. The molecule has 38 heavy (non-hydrogen) atoms. The fourth-order valence-electron chi connectivity index (χ4n) is 6.59. The summed E-state index contributed by atoms with van der Waals surface area (Å²) in [5, 5.41) is 9.16. The highest BCUT2D eigenvalue weighted by Crippen LogP contribution is 2.56. The second-order valence-electron chi connectivity index (χ2n) is 12.6. The average Bonchev–Trinajstić information content (AvgIpc) is 2.89. The van der Waals surface area contributed by atoms with E-state index in [-0.39, 0.29) is 7.92 Å². The van der Waals surface area contributed by atoms with E-state index >= 15 is 0 Å². The molecule has 0 saturated heterocycles. The Morgan fingerprint density at radius 1 is 0.737 bits per heavy atom. The fourth-order valence-corrected chi connectivity index (χ4v) is 10.5. The Kier molecular flexibility index (Phi) is 11.9. The number of benzene rings is 2. The second-order valence-corrected chi connectivity index (χ2v) is 15.3. The molecule has 3 heteroatoms. The highest BCUT2D eigenvalue weighted by Gasteiger charge is 2.34. The SMILES string of the molecule is CC(=O)O.CC(C)c1cc(C(C)C)c(-c2ccccc2P(C2CCCCC2)C2CCCCC2)c(C(C)C)c1. The minimum Gasteiger partial charge on any atom is -0.481 e. The summed E-state index contributed by atoms with van der Waals surface area (Å²) in [5.41, 5.74) is 9.71. The maximum atomic E-state index is 9.00. The Bertz CT molecular complexity index is 975. The number of hydrogen-bond donors (Lipinski definition) is 1. The van der Waals surface area contributed by atoms with Crippen molar-refractivity contribution >= 4 is 19.2 Å². The van der Waals surface area contributed by atoms with Crippen molar-refractivity contribution in [2.24, 2.45) is 0 Å². The third-order valence-electron chi connectivity index (χ3n) is 8.52. The van der Waals surface area contributed by atoms with Gasteiger partial charge in [-0.15, -0.1) is 0 Å². The number of carboxylic acids is 1. The Balaban J connectivity index is 0.000000934. The molecule has 0 aromatic heterocycles. The monoisotopic (exact) mass is 536 g/mol. The van der Waals surface area contributed by atoms with Crippen molar-refractivity contribution in [3.8, 4) is 11.1 Å². The van der Waals surface area contributed by atoms with E-state index in [9.17, 15) is 0 Å². The van der Waals surface area contributed by atoms with Crippen LogP contribution in [-0.2, 0) is 4.79 Å². The molecule has 2 aromatic rings. The Morgan fingerprint density at radius 3 is 1.55 bits per heavy atom. The van der Waals surface area contributed by atoms with E-state index in [1.165, 1.54) is 69.8 Å². The second kappa shape index (κ2) is 14.6. The molecule has 4 rings (SSSR count). The predicted octanol–water partition coefficient (Wildman–Crippen LogP) is 10.6. The summed E-state index contributed by atoms with van der Waals surface area (Å²) >= 11 is 0. The zero-order valence-electron chi connectivity index (χ0n) is 25.2. The van der Waals surface area contributed by atoms with E-state index in [4.69, 9.17) is 9.90 Å². The first-order valence-corrected chi connectivity index (χ1v) is 16.8.